The average Bonchev–Trinajstić information content (AvgIpc) is 3.25. The van der Waals surface area contributed by atoms with Crippen LogP contribution in [0.25, 0.3) is 0 Å². The van der Waals surface area contributed by atoms with Crippen molar-refractivity contribution in [2.45, 2.75) is 51.5 Å². The monoisotopic (exact) mass is 457 g/mol. The molecule has 0 spiro atoms. The number of hydrogen-bond donors (Lipinski definition) is 1. The van der Waals surface area contributed by atoms with E-state index in [1.54, 1.807) is 22.9 Å². The molecule has 1 N–H and O–H groups in total. The predicted molar refractivity (Wildman–Crippen MR) is 126 cm³/mol. The molecule has 0 radical (unpaired) electrons. The van der Waals surface area contributed by atoms with Crippen molar-refractivity contribution in [1.29, 1.82) is 0 Å². The first kappa shape index (κ1) is 22.6. The average molecular weight is 458 g/mol. The lowest BCUT2D eigenvalue weighted by Crippen LogP contribution is -2.41. The van der Waals surface area contributed by atoms with E-state index < -0.39 is 16.8 Å². The number of anilines is 2. The van der Waals surface area contributed by atoms with E-state index in [0.717, 1.165) is 22.5 Å². The number of fused-ring (bicyclic) bond motifs is 1. The molecule has 1 saturated heterocycles. The van der Waals surface area contributed by atoms with Crippen molar-refractivity contribution in [2.75, 3.05) is 30.4 Å². The molecule has 32 heavy (non-hydrogen) atoms. The molecule has 0 aliphatic carbocycles. The van der Waals surface area contributed by atoms with Crippen molar-refractivity contribution in [3.8, 4) is 0 Å². The minimum absolute atomic E-state index is 0.0268. The van der Waals surface area contributed by atoms with Crippen molar-refractivity contribution < 1.29 is 14.0 Å². The number of nitrogens with zero attached hydrogens (tertiary/aromatic N) is 2. The summed E-state index contributed by atoms with van der Waals surface area (Å²) in [5.74, 6) is -0.333. The first-order chi connectivity index (χ1) is 15.0. The van der Waals surface area contributed by atoms with Crippen LogP contribution in [0.4, 0.5) is 15.8 Å². The predicted octanol–water partition coefficient (Wildman–Crippen LogP) is 4.99. The van der Waals surface area contributed by atoms with Crippen molar-refractivity contribution in [3.63, 3.8) is 0 Å². The summed E-state index contributed by atoms with van der Waals surface area (Å²) in [5.41, 5.74) is 2.24. The zero-order valence-corrected chi connectivity index (χ0v) is 19.9. The molecule has 2 aliphatic heterocycles. The van der Waals surface area contributed by atoms with Gasteiger partial charge in [0.2, 0.25) is 11.8 Å². The Bertz CT molecular complexity index is 1120. The molecule has 2 aromatic rings. The van der Waals surface area contributed by atoms with Gasteiger partial charge in [-0.1, -0.05) is 30.7 Å². The normalized spacial score (nSPS) is 21.8. The van der Waals surface area contributed by atoms with Crippen LogP contribution in [0.1, 0.15) is 50.3 Å². The quantitative estimate of drug-likeness (QED) is 0.703. The molecule has 1 fully saturated rings. The number of likely N-dealkylation sites (tertiary alicyclic amines) is 1. The van der Waals surface area contributed by atoms with Gasteiger partial charge in [0.25, 0.3) is 0 Å². The number of benzene rings is 2. The summed E-state index contributed by atoms with van der Waals surface area (Å²) in [5, 5.41) is 3.90. The van der Waals surface area contributed by atoms with E-state index in [1.165, 1.54) is 6.07 Å². The zero-order chi connectivity index (χ0) is 23.4. The molecule has 170 valence electrons. The van der Waals surface area contributed by atoms with Gasteiger partial charge in [-0.05, 0) is 56.5 Å². The third-order valence-corrected chi connectivity index (χ3v) is 7.43. The fourth-order valence-corrected chi connectivity index (χ4v) is 5.38. The van der Waals surface area contributed by atoms with Gasteiger partial charge in [-0.25, -0.2) is 4.39 Å². The number of halogens is 2. The smallest absolute Gasteiger partial charge is 0.236 e. The van der Waals surface area contributed by atoms with E-state index in [2.05, 4.69) is 5.32 Å². The Hall–Kier alpha value is -2.60. The molecule has 0 unspecified atom stereocenters. The lowest BCUT2D eigenvalue weighted by atomic mass is 9.85. The van der Waals surface area contributed by atoms with E-state index in [1.807, 2.05) is 45.9 Å². The number of rotatable bonds is 4. The van der Waals surface area contributed by atoms with Crippen molar-refractivity contribution in [2.24, 2.45) is 0 Å². The maximum atomic E-state index is 15.2. The van der Waals surface area contributed by atoms with Gasteiger partial charge >= 0.3 is 0 Å². The van der Waals surface area contributed by atoms with Crippen LogP contribution in [-0.4, -0.2) is 36.9 Å². The van der Waals surface area contributed by atoms with Gasteiger partial charge in [-0.15, -0.1) is 0 Å². The highest BCUT2D eigenvalue weighted by Crippen LogP contribution is 2.45. The number of likely N-dealkylation sites (N-methyl/N-ethyl adjacent to an activating group) is 1. The Balaban J connectivity index is 1.80. The minimum atomic E-state index is -0.872. The van der Waals surface area contributed by atoms with Crippen molar-refractivity contribution in [1.82, 2.24) is 4.90 Å². The van der Waals surface area contributed by atoms with E-state index in [0.29, 0.717) is 36.5 Å². The minimum Gasteiger partial charge on any atom is -0.373 e. The number of aryl methyl sites for hydroxylation is 1. The second-order valence-corrected chi connectivity index (χ2v) is 9.78. The molecule has 2 amide bonds. The number of hydrogen-bond acceptors (Lipinski definition) is 3. The fourth-order valence-electron chi connectivity index (χ4n) is 5.05. The van der Waals surface area contributed by atoms with Crippen molar-refractivity contribution in [3.05, 3.63) is 57.9 Å². The number of carbonyl (C=O) groups is 2. The lowest BCUT2D eigenvalue weighted by Gasteiger charge is -2.34. The van der Waals surface area contributed by atoms with Gasteiger partial charge in [0, 0.05) is 43.5 Å². The van der Waals surface area contributed by atoms with Crippen LogP contribution in [0.3, 0.4) is 0 Å². The maximum absolute atomic E-state index is 15.2. The lowest BCUT2D eigenvalue weighted by molar-refractivity contribution is -0.130. The summed E-state index contributed by atoms with van der Waals surface area (Å²) in [6.45, 7) is 8.33. The Labute approximate surface area is 193 Å². The molecule has 4 rings (SSSR count). The SMILES string of the molecule is CCC(=O)N1CC[C@](Nc2ccc3c(c2)N(C)C(=O)C3(C)C)(c2c(F)ccc(C)c2Cl)C1. The van der Waals surface area contributed by atoms with E-state index >= 15 is 4.39 Å². The zero-order valence-electron chi connectivity index (χ0n) is 19.2. The molecule has 2 aromatic carbocycles. The van der Waals surface area contributed by atoms with Crippen LogP contribution >= 0.6 is 11.6 Å². The topological polar surface area (TPSA) is 52.7 Å². The molecule has 0 saturated carbocycles. The van der Waals surface area contributed by atoms with Gasteiger partial charge in [-0.3, -0.25) is 9.59 Å². The van der Waals surface area contributed by atoms with Gasteiger partial charge < -0.3 is 15.1 Å². The van der Waals surface area contributed by atoms with Crippen LogP contribution in [0.5, 0.6) is 0 Å². The molecule has 2 aliphatic rings. The molecular formula is C25H29ClFN3O2. The molecular weight excluding hydrogens is 429 g/mol. The molecule has 0 bridgehead atoms. The first-order valence-corrected chi connectivity index (χ1v) is 11.3. The summed E-state index contributed by atoms with van der Waals surface area (Å²) in [4.78, 5) is 28.6. The summed E-state index contributed by atoms with van der Waals surface area (Å²) < 4.78 is 15.2. The van der Waals surface area contributed by atoms with Crippen molar-refractivity contribution >= 4 is 34.8 Å². The molecule has 5 nitrogen and oxygen atoms in total. The summed E-state index contributed by atoms with van der Waals surface area (Å²) >= 11 is 6.63. The van der Waals surface area contributed by atoms with Gasteiger partial charge in [-0.2, -0.15) is 0 Å². The molecule has 1 atom stereocenters. The molecule has 7 heteroatoms. The molecule has 0 aromatic heterocycles. The third kappa shape index (κ3) is 3.36. The first-order valence-electron chi connectivity index (χ1n) is 11.0. The highest BCUT2D eigenvalue weighted by molar-refractivity contribution is 6.32. The standard InChI is InChI=1S/C25H29ClFN3O2/c1-6-20(31)30-12-11-25(14-30,21-18(27)10-7-15(2)22(21)26)28-16-8-9-17-19(13-16)29(5)23(32)24(17,3)4/h7-10,13,28H,6,11-12,14H2,1-5H3/t25-/m1/s1. The Morgan fingerprint density at radius 1 is 1.25 bits per heavy atom. The second-order valence-electron chi connectivity index (χ2n) is 9.40. The highest BCUT2D eigenvalue weighted by atomic mass is 35.5. The highest BCUT2D eigenvalue weighted by Gasteiger charge is 2.46. The summed E-state index contributed by atoms with van der Waals surface area (Å²) in [6.07, 6.45) is 0.914. The van der Waals surface area contributed by atoms with Gasteiger partial charge in [0.15, 0.2) is 0 Å². The maximum Gasteiger partial charge on any atom is 0.236 e. The Morgan fingerprint density at radius 3 is 2.66 bits per heavy atom. The van der Waals surface area contributed by atoms with Crippen LogP contribution in [0, 0.1) is 12.7 Å². The summed E-state index contributed by atoms with van der Waals surface area (Å²) in [6, 6.07) is 8.89. The van der Waals surface area contributed by atoms with Crippen LogP contribution in [0.15, 0.2) is 30.3 Å². The van der Waals surface area contributed by atoms with Crippen LogP contribution in [-0.2, 0) is 20.5 Å². The number of amides is 2. The Kier molecular flexibility index (Phi) is 5.48. The number of carbonyl (C=O) groups excluding carboxylic acids is 2. The van der Waals surface area contributed by atoms with E-state index in [4.69, 9.17) is 11.6 Å². The van der Waals surface area contributed by atoms with E-state index in [-0.39, 0.29) is 11.8 Å². The molecule has 2 heterocycles. The third-order valence-electron chi connectivity index (χ3n) is 6.94. The van der Waals surface area contributed by atoms with E-state index in [9.17, 15) is 9.59 Å². The largest absolute Gasteiger partial charge is 0.373 e. The Morgan fingerprint density at radius 2 is 1.97 bits per heavy atom. The van der Waals surface area contributed by atoms with Crippen LogP contribution < -0.4 is 10.2 Å². The second kappa shape index (κ2) is 7.77. The summed E-state index contributed by atoms with van der Waals surface area (Å²) in [7, 11) is 1.77. The van der Waals surface area contributed by atoms with Gasteiger partial charge in [0.1, 0.15) is 5.82 Å². The number of nitrogens with one attached hydrogen (secondary N) is 1. The van der Waals surface area contributed by atoms with Crippen LogP contribution in [0.2, 0.25) is 5.02 Å². The van der Waals surface area contributed by atoms with Gasteiger partial charge in [0.05, 0.1) is 16.0 Å². The fraction of sp³-hybridized carbons (Fsp3) is 0.440.